The maximum Gasteiger partial charge on any atom is 0.0555 e. The second-order valence-electron chi connectivity index (χ2n) is 2.23. The van der Waals surface area contributed by atoms with E-state index in [1.165, 1.54) is 0 Å². The summed E-state index contributed by atoms with van der Waals surface area (Å²) in [5.41, 5.74) is 5.47. The fraction of sp³-hybridized carbons (Fsp3) is 1.00. The number of halogens is 1. The highest BCUT2D eigenvalue weighted by atomic mass is 35.5. The summed E-state index contributed by atoms with van der Waals surface area (Å²) in [5, 5.41) is 8.82. The van der Waals surface area contributed by atoms with Crippen molar-refractivity contribution in [2.75, 3.05) is 0 Å². The topological polar surface area (TPSA) is 77.8 Å². The van der Waals surface area contributed by atoms with Gasteiger partial charge in [-0.05, 0) is 19.3 Å². The quantitative estimate of drug-likeness (QED) is 0.493. The summed E-state index contributed by atoms with van der Waals surface area (Å²) in [6, 6.07) is 0.273. The van der Waals surface area contributed by atoms with Gasteiger partial charge in [0.2, 0.25) is 0 Å². The second-order valence-corrected chi connectivity index (χ2v) is 2.23. The minimum absolute atomic E-state index is 0. The summed E-state index contributed by atoms with van der Waals surface area (Å²) < 4.78 is 0. The minimum atomic E-state index is -0.102. The van der Waals surface area contributed by atoms with Gasteiger partial charge in [0.25, 0.3) is 0 Å². The molecule has 1 aliphatic rings. The van der Waals surface area contributed by atoms with E-state index in [1.54, 1.807) is 0 Å². The van der Waals surface area contributed by atoms with Gasteiger partial charge in [-0.1, -0.05) is 0 Å². The maximum absolute atomic E-state index is 8.82. The molecule has 0 aromatic heterocycles. The molecule has 0 spiro atoms. The number of hydrogen-bond acceptors (Lipinski definition) is 2. The zero-order valence-corrected chi connectivity index (χ0v) is 6.03. The van der Waals surface area contributed by atoms with Crippen molar-refractivity contribution in [1.82, 2.24) is 0 Å². The van der Waals surface area contributed by atoms with Crippen molar-refractivity contribution in [1.29, 1.82) is 0 Å². The van der Waals surface area contributed by atoms with Crippen molar-refractivity contribution >= 4 is 12.4 Å². The molecule has 1 fully saturated rings. The predicted octanol–water partition coefficient (Wildman–Crippen LogP) is -0.544. The van der Waals surface area contributed by atoms with Crippen LogP contribution in [0.2, 0.25) is 0 Å². The van der Waals surface area contributed by atoms with Gasteiger partial charge >= 0.3 is 0 Å². The fourth-order valence-electron chi connectivity index (χ4n) is 0.992. The molecule has 1 aliphatic carbocycles. The average molecular weight is 156 g/mol. The first-order valence-electron chi connectivity index (χ1n) is 2.72. The van der Waals surface area contributed by atoms with Gasteiger partial charge in [0.05, 0.1) is 6.10 Å². The molecule has 1 rings (SSSR count). The summed E-state index contributed by atoms with van der Waals surface area (Å²) in [4.78, 5) is 0. The average Bonchev–Trinajstić information content (AvgIpc) is 1.87. The molecule has 0 radical (unpaired) electrons. The highest BCUT2D eigenvalue weighted by Crippen LogP contribution is 2.15. The first-order valence-corrected chi connectivity index (χ1v) is 2.72. The molecule has 0 heterocycles. The van der Waals surface area contributed by atoms with E-state index < -0.39 is 0 Å². The largest absolute Gasteiger partial charge is 0.412 e. The van der Waals surface area contributed by atoms with Crippen LogP contribution in [0.25, 0.3) is 0 Å². The van der Waals surface area contributed by atoms with Crippen LogP contribution < -0.4 is 5.73 Å². The molecule has 1 saturated carbocycles. The van der Waals surface area contributed by atoms with E-state index in [0.29, 0.717) is 0 Å². The Morgan fingerprint density at radius 2 is 1.89 bits per heavy atom. The summed E-state index contributed by atoms with van der Waals surface area (Å²) in [5.74, 6) is 0. The normalized spacial score (nSPS) is 32.7. The van der Waals surface area contributed by atoms with Gasteiger partial charge in [0, 0.05) is 6.04 Å². The number of aliphatic hydroxyl groups is 1. The Bertz CT molecular complexity index is 64.0. The van der Waals surface area contributed by atoms with Crippen molar-refractivity contribution in [3.05, 3.63) is 0 Å². The van der Waals surface area contributed by atoms with Crippen molar-refractivity contribution in [3.63, 3.8) is 0 Å². The van der Waals surface area contributed by atoms with E-state index in [2.05, 4.69) is 0 Å². The lowest BCUT2D eigenvalue weighted by atomic mass is 10.3. The molecule has 0 amide bonds. The Hall–Kier alpha value is 0.170. The molecule has 0 aromatic carbocycles. The molecule has 58 valence electrons. The number of hydrogen-bond donors (Lipinski definition) is 2. The molecule has 0 aliphatic heterocycles. The Balaban J connectivity index is 0. The van der Waals surface area contributed by atoms with Gasteiger partial charge in [0.15, 0.2) is 0 Å². The zero-order valence-electron chi connectivity index (χ0n) is 5.21. The van der Waals surface area contributed by atoms with Crippen LogP contribution >= 0.6 is 12.4 Å². The van der Waals surface area contributed by atoms with E-state index in [9.17, 15) is 0 Å². The van der Waals surface area contributed by atoms with E-state index >= 15 is 0 Å². The van der Waals surface area contributed by atoms with Crippen LogP contribution in [-0.4, -0.2) is 22.7 Å². The van der Waals surface area contributed by atoms with Crippen molar-refractivity contribution in [2.45, 2.75) is 31.4 Å². The lowest BCUT2D eigenvalue weighted by Gasteiger charge is -1.96. The van der Waals surface area contributed by atoms with Gasteiger partial charge in [-0.15, -0.1) is 12.4 Å². The van der Waals surface area contributed by atoms with E-state index in [1.807, 2.05) is 0 Å². The van der Waals surface area contributed by atoms with E-state index in [0.717, 1.165) is 19.3 Å². The lowest BCUT2D eigenvalue weighted by molar-refractivity contribution is 0.181. The molecule has 9 heavy (non-hydrogen) atoms. The summed E-state index contributed by atoms with van der Waals surface area (Å²) in [6.07, 6.45) is 2.61. The van der Waals surface area contributed by atoms with Gasteiger partial charge in [-0.25, -0.2) is 0 Å². The fourth-order valence-corrected chi connectivity index (χ4v) is 0.992. The molecular formula is C5H14ClNO2. The second kappa shape index (κ2) is 4.99. The number of rotatable bonds is 0. The van der Waals surface area contributed by atoms with Gasteiger partial charge < -0.3 is 16.3 Å². The molecular weight excluding hydrogens is 142 g/mol. The van der Waals surface area contributed by atoms with Crippen molar-refractivity contribution < 1.29 is 10.6 Å². The highest BCUT2D eigenvalue weighted by Gasteiger charge is 2.18. The third-order valence-electron chi connectivity index (χ3n) is 1.45. The predicted molar refractivity (Wildman–Crippen MR) is 38.7 cm³/mol. The highest BCUT2D eigenvalue weighted by molar-refractivity contribution is 5.85. The van der Waals surface area contributed by atoms with Crippen LogP contribution in [0.5, 0.6) is 0 Å². The van der Waals surface area contributed by atoms with E-state index in [-0.39, 0.29) is 30.0 Å². The summed E-state index contributed by atoms with van der Waals surface area (Å²) in [7, 11) is 0. The Morgan fingerprint density at radius 1 is 1.33 bits per heavy atom. The smallest absolute Gasteiger partial charge is 0.0555 e. The number of nitrogens with two attached hydrogens (primary N) is 1. The van der Waals surface area contributed by atoms with Gasteiger partial charge in [-0.2, -0.15) is 0 Å². The zero-order chi connectivity index (χ0) is 5.28. The molecule has 0 bridgehead atoms. The third kappa shape index (κ3) is 3.70. The molecule has 5 N–H and O–H groups in total. The van der Waals surface area contributed by atoms with Crippen LogP contribution in [0, 0.1) is 0 Å². The van der Waals surface area contributed by atoms with Gasteiger partial charge in [0.1, 0.15) is 0 Å². The SMILES string of the molecule is Cl.N[C@H]1CC[C@H](O)C1.O. The number of aliphatic hydroxyl groups excluding tert-OH is 1. The van der Waals surface area contributed by atoms with Crippen LogP contribution in [0.3, 0.4) is 0 Å². The van der Waals surface area contributed by atoms with Crippen molar-refractivity contribution in [2.24, 2.45) is 5.73 Å². The van der Waals surface area contributed by atoms with Crippen molar-refractivity contribution in [3.8, 4) is 0 Å². The third-order valence-corrected chi connectivity index (χ3v) is 1.45. The molecule has 0 saturated heterocycles. The van der Waals surface area contributed by atoms with Crippen LogP contribution in [-0.2, 0) is 0 Å². The first kappa shape index (κ1) is 11.9. The Morgan fingerprint density at radius 3 is 2.00 bits per heavy atom. The standard InChI is InChI=1S/C5H11NO.ClH.H2O/c6-4-1-2-5(7)3-4;;/h4-5,7H,1-3,6H2;1H;1H2/t4-,5-;;/m0../s1. The van der Waals surface area contributed by atoms with Gasteiger partial charge in [-0.3, -0.25) is 0 Å². The maximum atomic E-state index is 8.82. The molecule has 4 heteroatoms. The lowest BCUT2D eigenvalue weighted by Crippen LogP contribution is -2.15. The van der Waals surface area contributed by atoms with Crippen LogP contribution in [0.4, 0.5) is 0 Å². The minimum Gasteiger partial charge on any atom is -0.412 e. The molecule has 0 aromatic rings. The Labute approximate surface area is 61.0 Å². The molecule has 2 atom stereocenters. The summed E-state index contributed by atoms with van der Waals surface area (Å²) in [6.45, 7) is 0. The monoisotopic (exact) mass is 155 g/mol. The first-order chi connectivity index (χ1) is 3.29. The molecule has 3 nitrogen and oxygen atoms in total. The van der Waals surface area contributed by atoms with E-state index in [4.69, 9.17) is 10.8 Å². The van der Waals surface area contributed by atoms with Crippen LogP contribution in [0.1, 0.15) is 19.3 Å². The molecule has 0 unspecified atom stereocenters. The Kier molecular flexibility index (Phi) is 6.61. The summed E-state index contributed by atoms with van der Waals surface area (Å²) >= 11 is 0. The van der Waals surface area contributed by atoms with Crippen LogP contribution in [0.15, 0.2) is 0 Å².